The molecule has 1 N–H and O–H groups in total. The average Bonchev–Trinajstić information content (AvgIpc) is 3.01. The zero-order valence-corrected chi connectivity index (χ0v) is 24.9. The van der Waals surface area contributed by atoms with E-state index in [1.807, 2.05) is 18.2 Å². The summed E-state index contributed by atoms with van der Waals surface area (Å²) in [5.74, 6) is 1.18. The maximum atomic E-state index is 13.4. The van der Waals surface area contributed by atoms with Gasteiger partial charge in [0.15, 0.2) is 0 Å². The molecule has 4 aromatic rings. The summed E-state index contributed by atoms with van der Waals surface area (Å²) in [7, 11) is -3.85. The number of nitrogens with one attached hydrogen (secondary N) is 1. The van der Waals surface area contributed by atoms with Gasteiger partial charge in [0.25, 0.3) is 5.91 Å². The van der Waals surface area contributed by atoms with Gasteiger partial charge in [0.2, 0.25) is 9.84 Å². The SMILES string of the molecule is CCCCCCCCCCOc1ccc(C(=O)Nc2cc(Oc3ccccc3)cc(S(=O)(=O)c3ccccc3)c2)cc1. The molecule has 4 rings (SSSR count). The summed E-state index contributed by atoms with van der Waals surface area (Å²) >= 11 is 0. The smallest absolute Gasteiger partial charge is 0.255 e. The monoisotopic (exact) mass is 585 g/mol. The van der Waals surface area contributed by atoms with Crippen molar-refractivity contribution in [3.8, 4) is 17.2 Å². The van der Waals surface area contributed by atoms with E-state index in [0.717, 1.165) is 12.8 Å². The molecule has 0 bridgehead atoms. The third kappa shape index (κ3) is 9.21. The molecule has 0 aliphatic heterocycles. The number of anilines is 1. The lowest BCUT2D eigenvalue weighted by molar-refractivity contribution is 0.102. The molecule has 0 radical (unpaired) electrons. The Kier molecular flexibility index (Phi) is 11.6. The number of benzene rings is 4. The van der Waals surface area contributed by atoms with E-state index in [2.05, 4.69) is 12.2 Å². The summed E-state index contributed by atoms with van der Waals surface area (Å²) < 4.78 is 38.6. The lowest BCUT2D eigenvalue weighted by atomic mass is 10.1. The molecule has 0 atom stereocenters. The van der Waals surface area contributed by atoms with Gasteiger partial charge in [-0.1, -0.05) is 88.3 Å². The van der Waals surface area contributed by atoms with Crippen LogP contribution >= 0.6 is 0 Å². The molecule has 0 fully saturated rings. The van der Waals surface area contributed by atoms with Crippen molar-refractivity contribution in [1.29, 1.82) is 0 Å². The third-order valence-electron chi connectivity index (χ3n) is 6.86. The second kappa shape index (κ2) is 15.8. The first-order valence-corrected chi connectivity index (χ1v) is 16.2. The van der Waals surface area contributed by atoms with Crippen molar-refractivity contribution in [3.05, 3.63) is 109 Å². The van der Waals surface area contributed by atoms with Gasteiger partial charge in [-0.25, -0.2) is 8.42 Å². The van der Waals surface area contributed by atoms with Gasteiger partial charge in [0.05, 0.1) is 16.4 Å². The van der Waals surface area contributed by atoms with Gasteiger partial charge in [0.1, 0.15) is 17.2 Å². The number of sulfone groups is 1. The van der Waals surface area contributed by atoms with Crippen molar-refractivity contribution < 1.29 is 22.7 Å². The van der Waals surface area contributed by atoms with E-state index >= 15 is 0 Å². The molecule has 0 spiro atoms. The third-order valence-corrected chi connectivity index (χ3v) is 8.61. The van der Waals surface area contributed by atoms with Gasteiger partial charge in [0, 0.05) is 17.3 Å². The minimum Gasteiger partial charge on any atom is -0.494 e. The maximum absolute atomic E-state index is 13.4. The molecule has 220 valence electrons. The molecule has 0 saturated heterocycles. The van der Waals surface area contributed by atoms with E-state index in [1.165, 1.54) is 62.8 Å². The molecule has 0 aliphatic rings. The molecule has 0 unspecified atom stereocenters. The van der Waals surface area contributed by atoms with Crippen LogP contribution in [0, 0.1) is 0 Å². The Labute approximate surface area is 249 Å². The fourth-order valence-electron chi connectivity index (χ4n) is 4.55. The number of rotatable bonds is 16. The number of para-hydroxylation sites is 1. The summed E-state index contributed by atoms with van der Waals surface area (Å²) in [5, 5.41) is 2.83. The first-order chi connectivity index (χ1) is 20.5. The number of ether oxygens (including phenoxy) is 2. The van der Waals surface area contributed by atoms with Gasteiger partial charge in [-0.05, 0) is 67.1 Å². The van der Waals surface area contributed by atoms with Crippen LogP contribution in [0.15, 0.2) is 113 Å². The zero-order valence-electron chi connectivity index (χ0n) is 24.1. The minimum atomic E-state index is -3.85. The predicted octanol–water partition coefficient (Wildman–Crippen LogP) is 9.08. The quantitative estimate of drug-likeness (QED) is 0.133. The number of carbonyl (C=O) groups is 1. The predicted molar refractivity (Wildman–Crippen MR) is 167 cm³/mol. The highest BCUT2D eigenvalue weighted by atomic mass is 32.2. The Morgan fingerprint density at radius 3 is 1.93 bits per heavy atom. The van der Waals surface area contributed by atoms with Crippen LogP contribution in [0.2, 0.25) is 0 Å². The number of amides is 1. The van der Waals surface area contributed by atoms with Crippen molar-refractivity contribution in [3.63, 3.8) is 0 Å². The van der Waals surface area contributed by atoms with E-state index in [1.54, 1.807) is 60.7 Å². The van der Waals surface area contributed by atoms with Crippen LogP contribution in [0.5, 0.6) is 17.2 Å². The highest BCUT2D eigenvalue weighted by Gasteiger charge is 2.20. The Morgan fingerprint density at radius 2 is 1.26 bits per heavy atom. The molecule has 0 heterocycles. The lowest BCUT2D eigenvalue weighted by Crippen LogP contribution is -2.13. The Balaban J connectivity index is 1.41. The largest absolute Gasteiger partial charge is 0.494 e. The van der Waals surface area contributed by atoms with Crippen LogP contribution in [-0.2, 0) is 9.84 Å². The average molecular weight is 586 g/mol. The second-order valence-electron chi connectivity index (χ2n) is 10.2. The summed E-state index contributed by atoms with van der Waals surface area (Å²) in [6.07, 6.45) is 9.91. The molecule has 7 heteroatoms. The van der Waals surface area contributed by atoms with Crippen LogP contribution in [0.25, 0.3) is 0 Å². The van der Waals surface area contributed by atoms with Gasteiger partial charge >= 0.3 is 0 Å². The molecule has 0 saturated carbocycles. The van der Waals surface area contributed by atoms with Crippen LogP contribution in [-0.4, -0.2) is 20.9 Å². The highest BCUT2D eigenvalue weighted by molar-refractivity contribution is 7.91. The van der Waals surface area contributed by atoms with Crippen molar-refractivity contribution in [1.82, 2.24) is 0 Å². The molecular weight excluding hydrogens is 546 g/mol. The molecule has 0 aliphatic carbocycles. The zero-order chi connectivity index (χ0) is 29.6. The summed E-state index contributed by atoms with van der Waals surface area (Å²) in [6.45, 7) is 2.88. The Bertz CT molecular complexity index is 1500. The van der Waals surface area contributed by atoms with E-state index in [0.29, 0.717) is 35.1 Å². The van der Waals surface area contributed by atoms with E-state index in [4.69, 9.17) is 9.47 Å². The van der Waals surface area contributed by atoms with Crippen molar-refractivity contribution >= 4 is 21.4 Å². The summed E-state index contributed by atoms with van der Waals surface area (Å²) in [6, 6.07) is 28.7. The highest BCUT2D eigenvalue weighted by Crippen LogP contribution is 2.31. The minimum absolute atomic E-state index is 0.0159. The number of hydrogen-bond donors (Lipinski definition) is 1. The lowest BCUT2D eigenvalue weighted by Gasteiger charge is -2.13. The topological polar surface area (TPSA) is 81.7 Å². The molecule has 42 heavy (non-hydrogen) atoms. The van der Waals surface area contributed by atoms with Crippen LogP contribution in [0.4, 0.5) is 5.69 Å². The van der Waals surface area contributed by atoms with Gasteiger partial charge in [-0.3, -0.25) is 4.79 Å². The molecule has 1 amide bonds. The van der Waals surface area contributed by atoms with E-state index in [-0.39, 0.29) is 15.7 Å². The maximum Gasteiger partial charge on any atom is 0.255 e. The molecule has 6 nitrogen and oxygen atoms in total. The standard InChI is InChI=1S/C35H39NO5S/c1-2-3-4-5-6-7-8-15-24-40-30-22-20-28(21-23-30)35(37)36-29-25-32(41-31-16-11-9-12-17-31)27-34(26-29)42(38,39)33-18-13-10-14-19-33/h9-14,16-23,25-27H,2-8,15,24H2,1H3,(H,36,37). The normalized spacial score (nSPS) is 11.2. The number of unbranched alkanes of at least 4 members (excludes halogenated alkanes) is 7. The Morgan fingerprint density at radius 1 is 0.643 bits per heavy atom. The van der Waals surface area contributed by atoms with E-state index < -0.39 is 9.84 Å². The van der Waals surface area contributed by atoms with Gasteiger partial charge in [-0.2, -0.15) is 0 Å². The van der Waals surface area contributed by atoms with E-state index in [9.17, 15) is 13.2 Å². The summed E-state index contributed by atoms with van der Waals surface area (Å²) in [5.41, 5.74) is 0.731. The fraction of sp³-hybridized carbons (Fsp3) is 0.286. The number of carbonyl (C=O) groups excluding carboxylic acids is 1. The molecular formula is C35H39NO5S. The van der Waals surface area contributed by atoms with Crippen LogP contribution in [0.3, 0.4) is 0 Å². The van der Waals surface area contributed by atoms with Crippen molar-refractivity contribution in [2.45, 2.75) is 68.1 Å². The summed E-state index contributed by atoms with van der Waals surface area (Å²) in [4.78, 5) is 13.3. The molecule has 0 aromatic heterocycles. The second-order valence-corrected chi connectivity index (χ2v) is 12.2. The van der Waals surface area contributed by atoms with Gasteiger partial charge < -0.3 is 14.8 Å². The first-order valence-electron chi connectivity index (χ1n) is 14.7. The van der Waals surface area contributed by atoms with Crippen LogP contribution in [0.1, 0.15) is 68.6 Å². The first kappa shape index (κ1) is 30.8. The van der Waals surface area contributed by atoms with Crippen molar-refractivity contribution in [2.75, 3.05) is 11.9 Å². The molecule has 4 aromatic carbocycles. The van der Waals surface area contributed by atoms with Crippen LogP contribution < -0.4 is 14.8 Å². The van der Waals surface area contributed by atoms with Gasteiger partial charge in [-0.15, -0.1) is 0 Å². The Hall–Kier alpha value is -4.10. The van der Waals surface area contributed by atoms with Crippen molar-refractivity contribution in [2.24, 2.45) is 0 Å². The number of hydrogen-bond acceptors (Lipinski definition) is 5. The fourth-order valence-corrected chi connectivity index (χ4v) is 5.89.